The molecule has 0 fully saturated rings. The van der Waals surface area contributed by atoms with Crippen molar-refractivity contribution in [3.8, 4) is 11.2 Å². The Bertz CT molecular complexity index is 825. The summed E-state index contributed by atoms with van der Waals surface area (Å²) in [5.74, 6) is 0. The van der Waals surface area contributed by atoms with Crippen LogP contribution in [0.25, 0.3) is 5.13 Å². The molecule has 3 aromatic rings. The Morgan fingerprint density at radius 2 is 1.86 bits per heavy atom. The van der Waals surface area contributed by atoms with Crippen LogP contribution >= 0.6 is 11.3 Å². The third-order valence-corrected chi connectivity index (χ3v) is 4.15. The maximum atomic E-state index is 9.22. The Morgan fingerprint density at radius 1 is 1.09 bits per heavy atom. The van der Waals surface area contributed by atoms with E-state index in [0.717, 1.165) is 17.1 Å². The number of nitrogens with zero attached hydrogens (tertiary/aromatic N) is 6. The van der Waals surface area contributed by atoms with Crippen molar-refractivity contribution < 1.29 is 0 Å². The Kier molecular flexibility index (Phi) is 3.94. The SMILES string of the molecule is Cc1ccc(CCc2c(C#N)nnn2-c2nnc(C)s2)cc1. The first-order valence-electron chi connectivity index (χ1n) is 6.88. The van der Waals surface area contributed by atoms with Gasteiger partial charge < -0.3 is 0 Å². The van der Waals surface area contributed by atoms with Crippen molar-refractivity contribution in [3.05, 3.63) is 51.8 Å². The summed E-state index contributed by atoms with van der Waals surface area (Å²) in [6, 6.07) is 10.5. The standard InChI is InChI=1S/C15H14N6S/c1-10-3-5-12(6-4-10)7-8-14-13(9-16)18-20-21(14)15-19-17-11(2)22-15/h3-6H,7-8H2,1-2H3. The molecule has 0 saturated heterocycles. The predicted molar refractivity (Wildman–Crippen MR) is 82.9 cm³/mol. The highest BCUT2D eigenvalue weighted by Crippen LogP contribution is 2.18. The predicted octanol–water partition coefficient (Wildman–Crippen LogP) is 2.39. The van der Waals surface area contributed by atoms with Gasteiger partial charge in [-0.1, -0.05) is 46.4 Å². The minimum Gasteiger partial charge on any atom is -0.191 e. The fourth-order valence-electron chi connectivity index (χ4n) is 2.16. The van der Waals surface area contributed by atoms with Crippen LogP contribution < -0.4 is 0 Å². The van der Waals surface area contributed by atoms with Crippen molar-refractivity contribution in [1.29, 1.82) is 5.26 Å². The Morgan fingerprint density at radius 3 is 2.50 bits per heavy atom. The molecule has 6 nitrogen and oxygen atoms in total. The smallest absolute Gasteiger partial charge is 0.191 e. The van der Waals surface area contributed by atoms with Crippen molar-refractivity contribution in [2.45, 2.75) is 26.7 Å². The topological polar surface area (TPSA) is 80.3 Å². The van der Waals surface area contributed by atoms with E-state index in [1.807, 2.05) is 6.92 Å². The maximum absolute atomic E-state index is 9.22. The average molecular weight is 310 g/mol. The minimum absolute atomic E-state index is 0.347. The second-order valence-corrected chi connectivity index (χ2v) is 6.16. The number of benzene rings is 1. The van der Waals surface area contributed by atoms with E-state index in [1.54, 1.807) is 4.68 Å². The molecular formula is C15H14N6S. The van der Waals surface area contributed by atoms with Crippen LogP contribution in [-0.4, -0.2) is 25.2 Å². The van der Waals surface area contributed by atoms with Gasteiger partial charge in [0.25, 0.3) is 0 Å². The van der Waals surface area contributed by atoms with Crippen molar-refractivity contribution in [1.82, 2.24) is 25.2 Å². The number of nitriles is 1. The highest BCUT2D eigenvalue weighted by molar-refractivity contribution is 7.13. The third-order valence-electron chi connectivity index (χ3n) is 3.34. The number of aromatic nitrogens is 5. The molecule has 0 saturated carbocycles. The molecule has 1 aromatic carbocycles. The van der Waals surface area contributed by atoms with Gasteiger partial charge in [-0.3, -0.25) is 0 Å². The number of hydrogen-bond donors (Lipinski definition) is 0. The fourth-order valence-corrected chi connectivity index (χ4v) is 2.82. The van der Waals surface area contributed by atoms with Gasteiger partial charge in [0.1, 0.15) is 11.1 Å². The summed E-state index contributed by atoms with van der Waals surface area (Å²) in [4.78, 5) is 0. The lowest BCUT2D eigenvalue weighted by Crippen LogP contribution is -2.05. The van der Waals surface area contributed by atoms with Crippen LogP contribution in [0, 0.1) is 25.2 Å². The molecule has 0 radical (unpaired) electrons. The van der Waals surface area contributed by atoms with Gasteiger partial charge in [0.15, 0.2) is 5.69 Å². The molecule has 0 unspecified atom stereocenters. The van der Waals surface area contributed by atoms with Crippen LogP contribution in [0.4, 0.5) is 0 Å². The number of hydrogen-bond acceptors (Lipinski definition) is 6. The van der Waals surface area contributed by atoms with E-state index in [9.17, 15) is 5.26 Å². The first-order valence-corrected chi connectivity index (χ1v) is 7.69. The van der Waals surface area contributed by atoms with E-state index >= 15 is 0 Å². The van der Waals surface area contributed by atoms with E-state index in [0.29, 0.717) is 17.2 Å². The molecule has 2 aromatic heterocycles. The molecule has 0 aliphatic rings. The van der Waals surface area contributed by atoms with E-state index in [1.165, 1.54) is 22.5 Å². The molecule has 0 aliphatic carbocycles. The molecule has 0 aliphatic heterocycles. The van der Waals surface area contributed by atoms with Crippen LogP contribution in [0.3, 0.4) is 0 Å². The van der Waals surface area contributed by atoms with Crippen LogP contribution in [0.5, 0.6) is 0 Å². The van der Waals surface area contributed by atoms with Gasteiger partial charge in [0.2, 0.25) is 5.13 Å². The lowest BCUT2D eigenvalue weighted by molar-refractivity contribution is 0.737. The summed E-state index contributed by atoms with van der Waals surface area (Å²) < 4.78 is 1.62. The summed E-state index contributed by atoms with van der Waals surface area (Å²) in [5.41, 5.74) is 3.58. The Balaban J connectivity index is 1.87. The van der Waals surface area contributed by atoms with Gasteiger partial charge in [-0.15, -0.1) is 15.3 Å². The molecule has 0 N–H and O–H groups in total. The monoisotopic (exact) mass is 310 g/mol. The number of aryl methyl sites for hydroxylation is 3. The normalized spacial score (nSPS) is 10.6. The highest BCUT2D eigenvalue weighted by Gasteiger charge is 2.16. The fraction of sp³-hybridized carbons (Fsp3) is 0.267. The first-order chi connectivity index (χ1) is 10.7. The highest BCUT2D eigenvalue weighted by atomic mass is 32.1. The van der Waals surface area contributed by atoms with E-state index in [4.69, 9.17) is 0 Å². The van der Waals surface area contributed by atoms with E-state index < -0.39 is 0 Å². The number of rotatable bonds is 4. The first kappa shape index (κ1) is 14.4. The summed E-state index contributed by atoms with van der Waals surface area (Å²) >= 11 is 1.43. The zero-order valence-corrected chi connectivity index (χ0v) is 13.1. The van der Waals surface area contributed by atoms with Crippen molar-refractivity contribution in [3.63, 3.8) is 0 Å². The molecule has 0 bridgehead atoms. The molecule has 2 heterocycles. The van der Waals surface area contributed by atoms with Crippen LogP contribution in [-0.2, 0) is 12.8 Å². The third kappa shape index (κ3) is 2.87. The zero-order chi connectivity index (χ0) is 15.5. The average Bonchev–Trinajstić information content (AvgIpc) is 3.12. The quantitative estimate of drug-likeness (QED) is 0.739. The lowest BCUT2D eigenvalue weighted by Gasteiger charge is -2.04. The van der Waals surface area contributed by atoms with E-state index in [-0.39, 0.29) is 0 Å². The van der Waals surface area contributed by atoms with Gasteiger partial charge >= 0.3 is 0 Å². The molecule has 0 atom stereocenters. The summed E-state index contributed by atoms with van der Waals surface area (Å²) in [7, 11) is 0. The van der Waals surface area contributed by atoms with Crippen LogP contribution in [0.2, 0.25) is 0 Å². The van der Waals surface area contributed by atoms with Gasteiger partial charge in [-0.25, -0.2) is 0 Å². The molecule has 22 heavy (non-hydrogen) atoms. The summed E-state index contributed by atoms with van der Waals surface area (Å²) in [6.07, 6.45) is 1.50. The zero-order valence-electron chi connectivity index (χ0n) is 12.3. The van der Waals surface area contributed by atoms with Crippen molar-refractivity contribution in [2.24, 2.45) is 0 Å². The van der Waals surface area contributed by atoms with Gasteiger partial charge in [0, 0.05) is 0 Å². The maximum Gasteiger partial charge on any atom is 0.234 e. The Labute approximate surface area is 132 Å². The minimum atomic E-state index is 0.347. The molecule has 110 valence electrons. The molecule has 7 heteroatoms. The van der Waals surface area contributed by atoms with E-state index in [2.05, 4.69) is 57.8 Å². The molecule has 0 amide bonds. The molecule has 3 rings (SSSR count). The molecular weight excluding hydrogens is 296 g/mol. The van der Waals surface area contributed by atoms with Gasteiger partial charge in [-0.05, 0) is 32.3 Å². The van der Waals surface area contributed by atoms with Crippen molar-refractivity contribution >= 4 is 11.3 Å². The second kappa shape index (κ2) is 6.03. The summed E-state index contributed by atoms with van der Waals surface area (Å²) in [6.45, 7) is 3.95. The van der Waals surface area contributed by atoms with Gasteiger partial charge in [0.05, 0.1) is 5.69 Å². The second-order valence-electron chi connectivity index (χ2n) is 5.00. The van der Waals surface area contributed by atoms with Crippen LogP contribution in [0.15, 0.2) is 24.3 Å². The van der Waals surface area contributed by atoms with Gasteiger partial charge in [-0.2, -0.15) is 9.94 Å². The molecule has 0 spiro atoms. The lowest BCUT2D eigenvalue weighted by atomic mass is 10.1. The summed E-state index contributed by atoms with van der Waals surface area (Å²) in [5, 5.41) is 26.8. The van der Waals surface area contributed by atoms with Crippen molar-refractivity contribution in [2.75, 3.05) is 0 Å². The van der Waals surface area contributed by atoms with Crippen LogP contribution in [0.1, 0.15) is 27.5 Å². The largest absolute Gasteiger partial charge is 0.234 e. The Hall–Kier alpha value is -2.59.